The molecule has 90 valence electrons. The van der Waals surface area contributed by atoms with Crippen molar-refractivity contribution in [3.05, 3.63) is 35.6 Å². The van der Waals surface area contributed by atoms with E-state index in [0.29, 0.717) is 5.88 Å². The highest BCUT2D eigenvalue weighted by molar-refractivity contribution is 6.17. The van der Waals surface area contributed by atoms with Gasteiger partial charge in [0, 0.05) is 17.5 Å². The molecule has 0 bridgehead atoms. The summed E-state index contributed by atoms with van der Waals surface area (Å²) in [5.74, 6) is 0.571. The van der Waals surface area contributed by atoms with E-state index in [-0.39, 0.29) is 11.9 Å². The van der Waals surface area contributed by atoms with Crippen LogP contribution in [-0.2, 0) is 0 Å². The Kier molecular flexibility index (Phi) is 5.78. The molecule has 0 saturated heterocycles. The highest BCUT2D eigenvalue weighted by Gasteiger charge is 2.14. The normalized spacial score (nSPS) is 13.1. The third-order valence-corrected chi connectivity index (χ3v) is 3.18. The largest absolute Gasteiger partial charge is 0.300 e. The molecule has 3 heteroatoms. The lowest BCUT2D eigenvalue weighted by Gasteiger charge is -2.25. The fourth-order valence-corrected chi connectivity index (χ4v) is 1.89. The van der Waals surface area contributed by atoms with Crippen molar-refractivity contribution >= 4 is 11.6 Å². The van der Waals surface area contributed by atoms with Gasteiger partial charge in [0.05, 0.1) is 0 Å². The van der Waals surface area contributed by atoms with Gasteiger partial charge in [-0.2, -0.15) is 0 Å². The van der Waals surface area contributed by atoms with Gasteiger partial charge < -0.3 is 0 Å². The Morgan fingerprint density at radius 2 is 2.00 bits per heavy atom. The number of hydrogen-bond acceptors (Lipinski definition) is 1. The summed E-state index contributed by atoms with van der Waals surface area (Å²) in [7, 11) is 2.02. The van der Waals surface area contributed by atoms with E-state index in [1.165, 1.54) is 6.07 Å². The molecule has 0 heterocycles. The van der Waals surface area contributed by atoms with E-state index in [2.05, 4.69) is 4.90 Å². The molecule has 0 aliphatic rings. The summed E-state index contributed by atoms with van der Waals surface area (Å²) in [4.78, 5) is 2.16. The number of rotatable bonds is 6. The molecule has 0 amide bonds. The summed E-state index contributed by atoms with van der Waals surface area (Å²) in [6, 6.07) is 7.06. The quantitative estimate of drug-likeness (QED) is 0.542. The summed E-state index contributed by atoms with van der Waals surface area (Å²) in [6.45, 7) is 2.97. The molecular formula is C13H19ClFN. The number of nitrogens with zero attached hydrogens (tertiary/aromatic N) is 1. The van der Waals surface area contributed by atoms with Crippen LogP contribution in [0.4, 0.5) is 4.39 Å². The van der Waals surface area contributed by atoms with E-state index in [1.807, 2.05) is 26.1 Å². The molecule has 0 radical (unpaired) electrons. The minimum absolute atomic E-state index is 0.108. The van der Waals surface area contributed by atoms with Crippen LogP contribution in [-0.4, -0.2) is 24.4 Å². The van der Waals surface area contributed by atoms with Crippen LogP contribution >= 0.6 is 11.6 Å². The Hall–Kier alpha value is -0.600. The second-order valence-corrected chi connectivity index (χ2v) is 4.45. The van der Waals surface area contributed by atoms with Gasteiger partial charge in [-0.25, -0.2) is 4.39 Å². The second kappa shape index (κ2) is 6.87. The van der Waals surface area contributed by atoms with Crippen molar-refractivity contribution in [2.24, 2.45) is 0 Å². The number of alkyl halides is 1. The Morgan fingerprint density at radius 3 is 2.62 bits per heavy atom. The van der Waals surface area contributed by atoms with Gasteiger partial charge in [0.25, 0.3) is 0 Å². The van der Waals surface area contributed by atoms with Crippen molar-refractivity contribution in [2.75, 3.05) is 19.5 Å². The van der Waals surface area contributed by atoms with Crippen molar-refractivity contribution in [1.29, 1.82) is 0 Å². The highest BCUT2D eigenvalue weighted by atomic mass is 35.5. The first-order chi connectivity index (χ1) is 7.66. The molecule has 1 aromatic carbocycles. The van der Waals surface area contributed by atoms with E-state index in [0.717, 1.165) is 24.9 Å². The van der Waals surface area contributed by atoms with Gasteiger partial charge in [-0.1, -0.05) is 18.2 Å². The second-order valence-electron chi connectivity index (χ2n) is 4.07. The number of unbranched alkanes of at least 4 members (excludes halogenated alkanes) is 1. The fourth-order valence-electron chi connectivity index (χ4n) is 1.70. The predicted molar refractivity (Wildman–Crippen MR) is 67.4 cm³/mol. The molecule has 1 unspecified atom stereocenters. The molecule has 0 fully saturated rings. The Morgan fingerprint density at radius 1 is 1.31 bits per heavy atom. The molecule has 0 saturated carbocycles. The topological polar surface area (TPSA) is 3.24 Å². The van der Waals surface area contributed by atoms with E-state index in [1.54, 1.807) is 6.07 Å². The standard InChI is InChI=1S/C13H19ClFN/c1-11(16(2)10-6-5-9-14)12-7-3-4-8-13(12)15/h3-4,7-8,11H,5-6,9-10H2,1-2H3. The van der Waals surface area contributed by atoms with Crippen molar-refractivity contribution < 1.29 is 4.39 Å². The van der Waals surface area contributed by atoms with Crippen molar-refractivity contribution in [3.8, 4) is 0 Å². The van der Waals surface area contributed by atoms with Crippen LogP contribution in [0, 0.1) is 5.82 Å². The molecular weight excluding hydrogens is 225 g/mol. The van der Waals surface area contributed by atoms with E-state index in [9.17, 15) is 4.39 Å². The van der Waals surface area contributed by atoms with Crippen LogP contribution in [0.2, 0.25) is 0 Å². The van der Waals surface area contributed by atoms with Gasteiger partial charge in [-0.05, 0) is 39.4 Å². The zero-order chi connectivity index (χ0) is 12.0. The summed E-state index contributed by atoms with van der Waals surface area (Å²) < 4.78 is 13.5. The van der Waals surface area contributed by atoms with Crippen LogP contribution in [0.15, 0.2) is 24.3 Å². The van der Waals surface area contributed by atoms with Crippen LogP contribution in [0.5, 0.6) is 0 Å². The van der Waals surface area contributed by atoms with Gasteiger partial charge in [-0.3, -0.25) is 4.90 Å². The Balaban J connectivity index is 2.56. The van der Waals surface area contributed by atoms with Crippen LogP contribution < -0.4 is 0 Å². The van der Waals surface area contributed by atoms with Crippen LogP contribution in [0.1, 0.15) is 31.4 Å². The van der Waals surface area contributed by atoms with Gasteiger partial charge in [0.1, 0.15) is 5.82 Å². The van der Waals surface area contributed by atoms with Crippen LogP contribution in [0.3, 0.4) is 0 Å². The van der Waals surface area contributed by atoms with Crippen molar-refractivity contribution in [3.63, 3.8) is 0 Å². The maximum Gasteiger partial charge on any atom is 0.127 e. The number of benzene rings is 1. The molecule has 0 N–H and O–H groups in total. The zero-order valence-corrected chi connectivity index (χ0v) is 10.7. The zero-order valence-electron chi connectivity index (χ0n) is 9.92. The average Bonchev–Trinajstić information content (AvgIpc) is 2.29. The van der Waals surface area contributed by atoms with Gasteiger partial charge in [0.15, 0.2) is 0 Å². The highest BCUT2D eigenvalue weighted by Crippen LogP contribution is 2.21. The van der Waals surface area contributed by atoms with Gasteiger partial charge >= 0.3 is 0 Å². The van der Waals surface area contributed by atoms with E-state index in [4.69, 9.17) is 11.6 Å². The molecule has 1 aromatic rings. The van der Waals surface area contributed by atoms with E-state index < -0.39 is 0 Å². The first-order valence-electron chi connectivity index (χ1n) is 5.67. The van der Waals surface area contributed by atoms with Crippen LogP contribution in [0.25, 0.3) is 0 Å². The van der Waals surface area contributed by atoms with Gasteiger partial charge in [-0.15, -0.1) is 11.6 Å². The summed E-state index contributed by atoms with van der Waals surface area (Å²) in [5, 5.41) is 0. The Labute approximate surface area is 102 Å². The van der Waals surface area contributed by atoms with Crippen molar-refractivity contribution in [2.45, 2.75) is 25.8 Å². The molecule has 1 rings (SSSR count). The van der Waals surface area contributed by atoms with E-state index >= 15 is 0 Å². The Bertz CT molecular complexity index is 317. The smallest absolute Gasteiger partial charge is 0.127 e. The molecule has 0 aromatic heterocycles. The predicted octanol–water partition coefficient (Wildman–Crippen LogP) is 3.84. The fraction of sp³-hybridized carbons (Fsp3) is 0.538. The minimum atomic E-state index is -0.126. The molecule has 0 spiro atoms. The van der Waals surface area contributed by atoms with Crippen molar-refractivity contribution in [1.82, 2.24) is 4.90 Å². The monoisotopic (exact) mass is 243 g/mol. The molecule has 0 aliphatic heterocycles. The lowest BCUT2D eigenvalue weighted by Crippen LogP contribution is -2.24. The molecule has 1 nitrogen and oxygen atoms in total. The summed E-state index contributed by atoms with van der Waals surface area (Å²) >= 11 is 5.63. The maximum atomic E-state index is 13.5. The third kappa shape index (κ3) is 3.76. The first-order valence-corrected chi connectivity index (χ1v) is 6.21. The molecule has 16 heavy (non-hydrogen) atoms. The first kappa shape index (κ1) is 13.5. The summed E-state index contributed by atoms with van der Waals surface area (Å²) in [5.41, 5.74) is 0.760. The molecule has 0 aliphatic carbocycles. The average molecular weight is 244 g/mol. The SMILES string of the molecule is CC(c1ccccc1F)N(C)CCCCCl. The number of hydrogen-bond donors (Lipinski definition) is 0. The summed E-state index contributed by atoms with van der Waals surface area (Å²) in [6.07, 6.45) is 2.06. The number of halogens is 2. The third-order valence-electron chi connectivity index (χ3n) is 2.91. The lowest BCUT2D eigenvalue weighted by molar-refractivity contribution is 0.252. The minimum Gasteiger partial charge on any atom is -0.300 e. The van der Waals surface area contributed by atoms with Gasteiger partial charge in [0.2, 0.25) is 0 Å². The maximum absolute atomic E-state index is 13.5. The molecule has 1 atom stereocenters. The lowest BCUT2D eigenvalue weighted by atomic mass is 10.1.